The van der Waals surface area contributed by atoms with Crippen molar-refractivity contribution in [2.24, 2.45) is 0 Å². The summed E-state index contributed by atoms with van der Waals surface area (Å²) in [6.45, 7) is 3.86. The summed E-state index contributed by atoms with van der Waals surface area (Å²) >= 11 is 6.05. The number of carboxylic acids is 2. The van der Waals surface area contributed by atoms with Gasteiger partial charge in [0.1, 0.15) is 16.7 Å². The molecule has 1 heterocycles. The van der Waals surface area contributed by atoms with Gasteiger partial charge >= 0.3 is 0 Å². The van der Waals surface area contributed by atoms with Crippen molar-refractivity contribution in [3.63, 3.8) is 0 Å². The highest BCUT2D eigenvalue weighted by Gasteiger charge is 2.37. The first kappa shape index (κ1) is 20.7. The molecular formula is C18H15NO6S2-2. The number of thioether (sulfide) groups is 1. The van der Waals surface area contributed by atoms with Crippen LogP contribution in [0, 0.1) is 0 Å². The van der Waals surface area contributed by atoms with Gasteiger partial charge in [-0.3, -0.25) is 9.69 Å². The van der Waals surface area contributed by atoms with E-state index in [1.807, 2.05) is 0 Å². The molecule has 1 atom stereocenters. The van der Waals surface area contributed by atoms with Crippen LogP contribution in [0.25, 0.3) is 6.08 Å². The lowest BCUT2D eigenvalue weighted by molar-refractivity contribution is -0.311. The predicted octanol–water partition coefficient (Wildman–Crippen LogP) is 0.101. The predicted molar refractivity (Wildman–Crippen MR) is 100 cm³/mol. The molecule has 7 nitrogen and oxygen atoms in total. The fraction of sp³-hybridized carbons (Fsp3) is 0.222. The van der Waals surface area contributed by atoms with Crippen LogP contribution in [0.15, 0.2) is 41.8 Å². The van der Waals surface area contributed by atoms with Gasteiger partial charge < -0.3 is 24.5 Å². The largest absolute Gasteiger partial charge is 0.550 e. The van der Waals surface area contributed by atoms with Crippen molar-refractivity contribution in [3.05, 3.63) is 47.4 Å². The zero-order chi connectivity index (χ0) is 20.0. The highest BCUT2D eigenvalue weighted by Crippen LogP contribution is 2.36. The second kappa shape index (κ2) is 9.33. The third-order valence-electron chi connectivity index (χ3n) is 3.59. The summed E-state index contributed by atoms with van der Waals surface area (Å²) in [7, 11) is 0. The number of thiocarbonyl (C=S) groups is 1. The van der Waals surface area contributed by atoms with E-state index in [0.29, 0.717) is 11.3 Å². The Labute approximate surface area is 165 Å². The molecule has 1 aromatic carbocycles. The molecule has 1 aliphatic rings. The van der Waals surface area contributed by atoms with E-state index in [4.69, 9.17) is 17.0 Å². The van der Waals surface area contributed by atoms with Gasteiger partial charge in [0.15, 0.2) is 0 Å². The Morgan fingerprint density at radius 3 is 2.67 bits per heavy atom. The highest BCUT2D eigenvalue weighted by atomic mass is 32.2. The van der Waals surface area contributed by atoms with Gasteiger partial charge in [-0.2, -0.15) is 0 Å². The molecule has 1 saturated heterocycles. The maximum absolute atomic E-state index is 12.7. The lowest BCUT2D eigenvalue weighted by Crippen LogP contribution is -2.50. The number of carbonyl (C=O) groups excluding carboxylic acids is 3. The highest BCUT2D eigenvalue weighted by molar-refractivity contribution is 8.26. The standard InChI is InChI=1S/C18H17NO6S2/c1-2-9-25-13-6-4-3-5-11(13)10-14-16(22)19(18(26)27-14)12(17(23)24)7-8-15(20)21/h2-6,10,12H,1,7-9H2,(H,20,21)(H,23,24)/p-2/b14-10-/t12-/m1/s1. The minimum absolute atomic E-state index is 0.0169. The maximum Gasteiger partial charge on any atom is 0.266 e. The summed E-state index contributed by atoms with van der Waals surface area (Å²) in [6.07, 6.45) is 2.23. The number of hydrogen-bond donors (Lipinski definition) is 0. The molecule has 27 heavy (non-hydrogen) atoms. The Kier molecular flexibility index (Phi) is 7.14. The summed E-state index contributed by atoms with van der Waals surface area (Å²) in [6, 6.07) is 5.51. The van der Waals surface area contributed by atoms with Crippen LogP contribution in [-0.4, -0.2) is 39.7 Å². The number of ether oxygens (including phenoxy) is 1. The number of carbonyl (C=O) groups is 3. The summed E-state index contributed by atoms with van der Waals surface area (Å²) in [5.74, 6) is -3.11. The molecule has 0 N–H and O–H groups in total. The second-order valence-electron chi connectivity index (χ2n) is 5.43. The van der Waals surface area contributed by atoms with E-state index in [0.717, 1.165) is 16.7 Å². The van der Waals surface area contributed by atoms with Crippen molar-refractivity contribution >= 4 is 52.2 Å². The van der Waals surface area contributed by atoms with E-state index in [-0.39, 0.29) is 22.3 Å². The molecule has 1 aromatic rings. The van der Waals surface area contributed by atoms with Crippen LogP contribution in [0.2, 0.25) is 0 Å². The summed E-state index contributed by atoms with van der Waals surface area (Å²) < 4.78 is 5.55. The van der Waals surface area contributed by atoms with Crippen molar-refractivity contribution in [3.8, 4) is 5.75 Å². The van der Waals surface area contributed by atoms with Gasteiger partial charge in [-0.1, -0.05) is 54.8 Å². The first-order valence-corrected chi connectivity index (χ1v) is 9.08. The van der Waals surface area contributed by atoms with Gasteiger partial charge in [0.25, 0.3) is 5.91 Å². The molecular weight excluding hydrogens is 390 g/mol. The quantitative estimate of drug-likeness (QED) is 0.323. The molecule has 9 heteroatoms. The van der Waals surface area contributed by atoms with E-state index < -0.39 is 30.3 Å². The maximum atomic E-state index is 12.7. The number of nitrogens with zero attached hydrogens (tertiary/aromatic N) is 1. The molecule has 1 amide bonds. The molecule has 0 aliphatic carbocycles. The number of para-hydroxylation sites is 1. The molecule has 1 fully saturated rings. The molecule has 0 aromatic heterocycles. The zero-order valence-corrected chi connectivity index (χ0v) is 15.7. The van der Waals surface area contributed by atoms with Gasteiger partial charge in [-0.05, 0) is 25.0 Å². The smallest absolute Gasteiger partial charge is 0.266 e. The van der Waals surface area contributed by atoms with Crippen molar-refractivity contribution in [1.29, 1.82) is 0 Å². The lowest BCUT2D eigenvalue weighted by Gasteiger charge is -2.27. The van der Waals surface area contributed by atoms with Crippen molar-refractivity contribution in [2.75, 3.05) is 6.61 Å². The molecule has 0 radical (unpaired) electrons. The number of aliphatic carboxylic acids is 2. The van der Waals surface area contributed by atoms with Gasteiger partial charge in [0, 0.05) is 11.5 Å². The van der Waals surface area contributed by atoms with Crippen molar-refractivity contribution in [2.45, 2.75) is 18.9 Å². The van der Waals surface area contributed by atoms with E-state index in [2.05, 4.69) is 6.58 Å². The minimum Gasteiger partial charge on any atom is -0.550 e. The molecule has 0 spiro atoms. The fourth-order valence-corrected chi connectivity index (χ4v) is 3.72. The Bertz CT molecular complexity index is 820. The van der Waals surface area contributed by atoms with Crippen LogP contribution in [-0.2, 0) is 14.4 Å². The minimum atomic E-state index is -1.58. The third-order valence-corrected chi connectivity index (χ3v) is 4.92. The van der Waals surface area contributed by atoms with Gasteiger partial charge in [-0.25, -0.2) is 0 Å². The monoisotopic (exact) mass is 405 g/mol. The first-order valence-electron chi connectivity index (χ1n) is 7.85. The summed E-state index contributed by atoms with van der Waals surface area (Å²) in [4.78, 5) is 35.8. The zero-order valence-electron chi connectivity index (χ0n) is 14.1. The van der Waals surface area contributed by atoms with Crippen LogP contribution in [0.3, 0.4) is 0 Å². The molecule has 142 valence electrons. The molecule has 1 aliphatic heterocycles. The Morgan fingerprint density at radius 1 is 1.33 bits per heavy atom. The van der Waals surface area contributed by atoms with E-state index in [9.17, 15) is 24.6 Å². The topological polar surface area (TPSA) is 110 Å². The first-order chi connectivity index (χ1) is 12.8. The SMILES string of the molecule is C=CCOc1ccccc1/C=C1\SC(=S)N([C@H](CCC(=O)[O-])C(=O)[O-])C1=O. The van der Waals surface area contributed by atoms with Crippen molar-refractivity contribution < 1.29 is 29.3 Å². The fourth-order valence-electron chi connectivity index (χ4n) is 2.38. The summed E-state index contributed by atoms with van der Waals surface area (Å²) in [5.41, 5.74) is 0.611. The van der Waals surface area contributed by atoms with E-state index in [1.54, 1.807) is 36.4 Å². The normalized spacial score (nSPS) is 16.4. The van der Waals surface area contributed by atoms with E-state index in [1.165, 1.54) is 0 Å². The Balaban J connectivity index is 2.29. The average molecular weight is 405 g/mol. The molecule has 2 rings (SSSR count). The van der Waals surface area contributed by atoms with Crippen LogP contribution < -0.4 is 14.9 Å². The second-order valence-corrected chi connectivity index (χ2v) is 7.11. The molecule has 0 saturated carbocycles. The van der Waals surface area contributed by atoms with Gasteiger partial charge in [-0.15, -0.1) is 0 Å². The van der Waals surface area contributed by atoms with Crippen molar-refractivity contribution in [1.82, 2.24) is 4.90 Å². The van der Waals surface area contributed by atoms with Crippen LogP contribution in [0.4, 0.5) is 0 Å². The number of rotatable bonds is 9. The van der Waals surface area contributed by atoms with Crippen LogP contribution in [0.5, 0.6) is 5.75 Å². The number of benzene rings is 1. The third kappa shape index (κ3) is 5.18. The Hall–Kier alpha value is -2.65. The summed E-state index contributed by atoms with van der Waals surface area (Å²) in [5, 5.41) is 22.0. The van der Waals surface area contributed by atoms with Gasteiger partial charge in [0.2, 0.25) is 0 Å². The van der Waals surface area contributed by atoms with Crippen LogP contribution in [0.1, 0.15) is 18.4 Å². The number of amides is 1. The lowest BCUT2D eigenvalue weighted by atomic mass is 10.1. The van der Waals surface area contributed by atoms with Crippen LogP contribution >= 0.6 is 24.0 Å². The van der Waals surface area contributed by atoms with E-state index >= 15 is 0 Å². The Morgan fingerprint density at radius 2 is 2.04 bits per heavy atom. The average Bonchev–Trinajstić information content (AvgIpc) is 2.88. The van der Waals surface area contributed by atoms with Gasteiger partial charge in [0.05, 0.1) is 16.9 Å². The number of hydrogen-bond acceptors (Lipinski definition) is 8. The molecule has 0 bridgehead atoms. The number of carboxylic acid groups (broad SMARTS) is 2. The molecule has 0 unspecified atom stereocenters.